The number of rotatable bonds is 3. The van der Waals surface area contributed by atoms with Gasteiger partial charge in [0.15, 0.2) is 0 Å². The van der Waals surface area contributed by atoms with Gasteiger partial charge >= 0.3 is 5.97 Å². The fourth-order valence-electron chi connectivity index (χ4n) is 1.97. The Morgan fingerprint density at radius 1 is 1.30 bits per heavy atom. The Bertz CT molecular complexity index is 639. The van der Waals surface area contributed by atoms with Crippen LogP contribution in [-0.2, 0) is 14.9 Å². The Balaban J connectivity index is 2.45. The molecule has 0 bridgehead atoms. The van der Waals surface area contributed by atoms with Gasteiger partial charge in [0, 0.05) is 11.8 Å². The number of anilines is 1. The molecule has 0 saturated carbocycles. The van der Waals surface area contributed by atoms with Gasteiger partial charge in [-0.2, -0.15) is 0 Å². The first-order valence-corrected chi connectivity index (χ1v) is 6.23. The number of nitrogens with two attached hydrogens (primary N) is 1. The first kappa shape index (κ1) is 14.0. The Hall–Kier alpha value is -2.43. The minimum absolute atomic E-state index is 0.222. The quantitative estimate of drug-likeness (QED) is 0.866. The van der Waals surface area contributed by atoms with E-state index < -0.39 is 5.41 Å². The number of hydrogen-bond acceptors (Lipinski definition) is 5. The van der Waals surface area contributed by atoms with E-state index in [1.807, 2.05) is 38.1 Å². The lowest BCUT2D eigenvalue weighted by Gasteiger charge is -2.22. The largest absolute Gasteiger partial charge is 0.468 e. The molecule has 0 aliphatic rings. The van der Waals surface area contributed by atoms with Crippen molar-refractivity contribution in [2.24, 2.45) is 0 Å². The number of hydrogen-bond donors (Lipinski definition) is 1. The molecule has 0 amide bonds. The van der Waals surface area contributed by atoms with Crippen molar-refractivity contribution in [3.8, 4) is 11.3 Å². The second-order valence-electron chi connectivity index (χ2n) is 5.00. The lowest BCUT2D eigenvalue weighted by atomic mass is 9.84. The summed E-state index contributed by atoms with van der Waals surface area (Å²) in [6.45, 7) is 3.65. The van der Waals surface area contributed by atoms with Gasteiger partial charge in [-0.1, -0.05) is 18.2 Å². The summed E-state index contributed by atoms with van der Waals surface area (Å²) in [5.41, 5.74) is 7.34. The molecule has 2 rings (SSSR count). The van der Waals surface area contributed by atoms with Gasteiger partial charge in [-0.05, 0) is 31.5 Å². The van der Waals surface area contributed by atoms with Crippen LogP contribution in [0.5, 0.6) is 0 Å². The molecule has 0 unspecified atom stereocenters. The first-order chi connectivity index (χ1) is 9.45. The van der Waals surface area contributed by atoms with Gasteiger partial charge in [0.25, 0.3) is 0 Å². The Morgan fingerprint density at radius 3 is 2.70 bits per heavy atom. The number of esters is 1. The average Bonchev–Trinajstić information content (AvgIpc) is 2.46. The maximum Gasteiger partial charge on any atom is 0.315 e. The van der Waals surface area contributed by atoms with Crippen LogP contribution in [0.2, 0.25) is 0 Å². The van der Waals surface area contributed by atoms with Crippen molar-refractivity contribution < 1.29 is 9.53 Å². The lowest BCUT2D eigenvalue weighted by Crippen LogP contribution is -2.30. The fourth-order valence-corrected chi connectivity index (χ4v) is 1.97. The fraction of sp³-hybridized carbons (Fsp3) is 0.267. The van der Waals surface area contributed by atoms with Crippen molar-refractivity contribution in [1.29, 1.82) is 0 Å². The van der Waals surface area contributed by atoms with Crippen molar-refractivity contribution in [3.05, 3.63) is 42.1 Å². The highest BCUT2D eigenvalue weighted by Gasteiger charge is 2.31. The molecule has 0 fully saturated rings. The summed E-state index contributed by atoms with van der Waals surface area (Å²) in [7, 11) is 1.39. The summed E-state index contributed by atoms with van der Waals surface area (Å²) < 4.78 is 4.85. The lowest BCUT2D eigenvalue weighted by molar-refractivity contribution is -0.146. The number of ether oxygens (including phenoxy) is 1. The summed E-state index contributed by atoms with van der Waals surface area (Å²) >= 11 is 0. The number of benzene rings is 1. The topological polar surface area (TPSA) is 78.1 Å². The molecule has 0 aliphatic carbocycles. The molecule has 0 radical (unpaired) electrons. The van der Waals surface area contributed by atoms with E-state index in [0.29, 0.717) is 0 Å². The maximum atomic E-state index is 11.9. The van der Waals surface area contributed by atoms with Crippen LogP contribution in [0.15, 0.2) is 36.5 Å². The Labute approximate surface area is 117 Å². The summed E-state index contributed by atoms with van der Waals surface area (Å²) in [5.74, 6) is -0.0583. The molecule has 0 aliphatic heterocycles. The van der Waals surface area contributed by atoms with E-state index in [0.717, 1.165) is 16.8 Å². The van der Waals surface area contributed by atoms with Crippen LogP contribution in [0, 0.1) is 0 Å². The minimum atomic E-state index is -0.719. The van der Waals surface area contributed by atoms with Crippen LogP contribution >= 0.6 is 0 Å². The van der Waals surface area contributed by atoms with Gasteiger partial charge in [-0.25, -0.2) is 9.97 Å². The summed E-state index contributed by atoms with van der Waals surface area (Å²) in [6.07, 6.45) is 1.61. The average molecular weight is 271 g/mol. The number of nitrogen functional groups attached to an aromatic ring is 1. The SMILES string of the molecule is COC(=O)C(C)(C)c1cccc(-c2ccnc(N)n2)c1. The number of carbonyl (C=O) groups excluding carboxylic acids is 1. The van der Waals surface area contributed by atoms with Crippen molar-refractivity contribution in [3.63, 3.8) is 0 Å². The smallest absolute Gasteiger partial charge is 0.315 e. The molecule has 5 heteroatoms. The monoisotopic (exact) mass is 271 g/mol. The van der Waals surface area contributed by atoms with Crippen LogP contribution in [0.25, 0.3) is 11.3 Å². The molecule has 2 N–H and O–H groups in total. The zero-order chi connectivity index (χ0) is 14.8. The second-order valence-corrected chi connectivity index (χ2v) is 5.00. The molecular weight excluding hydrogens is 254 g/mol. The highest BCUT2D eigenvalue weighted by molar-refractivity contribution is 5.82. The van der Waals surface area contributed by atoms with E-state index in [-0.39, 0.29) is 11.9 Å². The molecular formula is C15H17N3O2. The van der Waals surface area contributed by atoms with E-state index in [1.54, 1.807) is 12.3 Å². The highest BCUT2D eigenvalue weighted by Crippen LogP contribution is 2.28. The van der Waals surface area contributed by atoms with E-state index in [4.69, 9.17) is 10.5 Å². The Morgan fingerprint density at radius 2 is 2.05 bits per heavy atom. The van der Waals surface area contributed by atoms with E-state index in [1.165, 1.54) is 7.11 Å². The number of nitrogens with zero attached hydrogens (tertiary/aromatic N) is 2. The molecule has 1 heterocycles. The number of carbonyl (C=O) groups is 1. The van der Waals surface area contributed by atoms with Crippen LogP contribution in [0.3, 0.4) is 0 Å². The number of aromatic nitrogens is 2. The molecule has 1 aromatic carbocycles. The molecule has 5 nitrogen and oxygen atoms in total. The van der Waals surface area contributed by atoms with Crippen molar-refractivity contribution in [2.75, 3.05) is 12.8 Å². The van der Waals surface area contributed by atoms with Crippen LogP contribution in [0.1, 0.15) is 19.4 Å². The van der Waals surface area contributed by atoms with Gasteiger partial charge in [-0.3, -0.25) is 4.79 Å². The molecule has 0 saturated heterocycles. The molecule has 1 aromatic heterocycles. The molecule has 0 spiro atoms. The third-order valence-electron chi connectivity index (χ3n) is 3.25. The number of methoxy groups -OCH3 is 1. The van der Waals surface area contributed by atoms with E-state index in [9.17, 15) is 4.79 Å². The van der Waals surface area contributed by atoms with E-state index >= 15 is 0 Å². The van der Waals surface area contributed by atoms with E-state index in [2.05, 4.69) is 9.97 Å². The van der Waals surface area contributed by atoms with Crippen LogP contribution in [-0.4, -0.2) is 23.0 Å². The van der Waals surface area contributed by atoms with Crippen LogP contribution < -0.4 is 5.73 Å². The zero-order valence-corrected chi connectivity index (χ0v) is 11.8. The zero-order valence-electron chi connectivity index (χ0n) is 11.8. The molecule has 20 heavy (non-hydrogen) atoms. The molecule has 2 aromatic rings. The summed E-state index contributed by atoms with van der Waals surface area (Å²) in [5, 5.41) is 0. The van der Waals surface area contributed by atoms with Crippen molar-refractivity contribution in [2.45, 2.75) is 19.3 Å². The third-order valence-corrected chi connectivity index (χ3v) is 3.25. The van der Waals surface area contributed by atoms with Crippen molar-refractivity contribution in [1.82, 2.24) is 9.97 Å². The van der Waals surface area contributed by atoms with Gasteiger partial charge in [-0.15, -0.1) is 0 Å². The van der Waals surface area contributed by atoms with Gasteiger partial charge in [0.05, 0.1) is 18.2 Å². The van der Waals surface area contributed by atoms with Gasteiger partial charge in [0.2, 0.25) is 5.95 Å². The Kier molecular flexibility index (Phi) is 3.70. The minimum Gasteiger partial charge on any atom is -0.468 e. The maximum absolute atomic E-state index is 11.9. The second kappa shape index (κ2) is 5.28. The molecule has 0 atom stereocenters. The first-order valence-electron chi connectivity index (χ1n) is 6.23. The van der Waals surface area contributed by atoms with Gasteiger partial charge < -0.3 is 10.5 Å². The summed E-state index contributed by atoms with van der Waals surface area (Å²) in [6, 6.07) is 9.39. The highest BCUT2D eigenvalue weighted by atomic mass is 16.5. The van der Waals surface area contributed by atoms with Crippen molar-refractivity contribution >= 4 is 11.9 Å². The predicted molar refractivity (Wildman–Crippen MR) is 76.9 cm³/mol. The predicted octanol–water partition coefficient (Wildman–Crippen LogP) is 2.18. The standard InChI is InChI=1S/C15H17N3O2/c1-15(2,13(19)20-3)11-6-4-5-10(9-11)12-7-8-17-14(16)18-12/h4-9H,1-3H3,(H2,16,17,18). The molecule has 104 valence electrons. The summed E-state index contributed by atoms with van der Waals surface area (Å²) in [4.78, 5) is 19.9. The normalized spacial score (nSPS) is 11.2. The van der Waals surface area contributed by atoms with Crippen LogP contribution in [0.4, 0.5) is 5.95 Å². The third kappa shape index (κ3) is 2.61. The van der Waals surface area contributed by atoms with Gasteiger partial charge in [0.1, 0.15) is 0 Å².